The van der Waals surface area contributed by atoms with Gasteiger partial charge in [0, 0.05) is 17.5 Å². The minimum Gasteiger partial charge on any atom is -0.304 e. The number of nitrogens with zero attached hydrogens (tertiary/aromatic N) is 3. The molecule has 0 aliphatic carbocycles. The first-order chi connectivity index (χ1) is 8.75. The number of hydrogen-bond acceptors (Lipinski definition) is 4. The van der Waals surface area contributed by atoms with Crippen molar-refractivity contribution < 1.29 is 0 Å². The quantitative estimate of drug-likeness (QED) is 0.921. The van der Waals surface area contributed by atoms with Crippen molar-refractivity contribution in [3.05, 3.63) is 30.2 Å². The number of aromatic nitrogens is 3. The lowest BCUT2D eigenvalue weighted by molar-refractivity contribution is 0.438. The molecule has 0 amide bonds. The van der Waals surface area contributed by atoms with Crippen LogP contribution in [0, 0.1) is 0 Å². The molecule has 3 rings (SSSR count). The number of pyridine rings is 1. The van der Waals surface area contributed by atoms with E-state index in [9.17, 15) is 0 Å². The van der Waals surface area contributed by atoms with Gasteiger partial charge in [-0.3, -0.25) is 4.40 Å². The maximum atomic E-state index is 4.31. The number of nitrogens with one attached hydrogen (secondary N) is 1. The lowest BCUT2D eigenvalue weighted by atomic mass is 10.1. The Morgan fingerprint density at radius 2 is 2.33 bits per heavy atom. The highest BCUT2D eigenvalue weighted by Crippen LogP contribution is 2.28. The molecular weight excluding hydrogens is 244 g/mol. The van der Waals surface area contributed by atoms with E-state index in [1.54, 1.807) is 0 Å². The Labute approximate surface area is 111 Å². The number of hydrogen-bond donors (Lipinski definition) is 1. The third-order valence-electron chi connectivity index (χ3n) is 3.57. The Morgan fingerprint density at radius 1 is 1.44 bits per heavy atom. The molecule has 1 N–H and O–H groups in total. The summed E-state index contributed by atoms with van der Waals surface area (Å²) in [7, 11) is 0. The normalized spacial score (nSPS) is 25.7. The van der Waals surface area contributed by atoms with E-state index < -0.39 is 0 Å². The Morgan fingerprint density at radius 3 is 3.11 bits per heavy atom. The van der Waals surface area contributed by atoms with Crippen LogP contribution in [0.1, 0.15) is 32.1 Å². The van der Waals surface area contributed by atoms with Crippen molar-refractivity contribution in [2.24, 2.45) is 0 Å². The van der Waals surface area contributed by atoms with Crippen LogP contribution in [-0.4, -0.2) is 31.6 Å². The third-order valence-corrected chi connectivity index (χ3v) is 4.89. The highest BCUT2D eigenvalue weighted by Gasteiger charge is 2.26. The zero-order valence-electron chi connectivity index (χ0n) is 10.7. The van der Waals surface area contributed by atoms with Crippen molar-refractivity contribution in [3.63, 3.8) is 0 Å². The summed E-state index contributed by atoms with van der Waals surface area (Å²) in [4.78, 5) is 0. The Hall–Kier alpha value is -1.07. The molecule has 1 saturated heterocycles. The molecular formula is C13H18N4S. The highest BCUT2D eigenvalue weighted by atomic mass is 32.2. The van der Waals surface area contributed by atoms with E-state index in [4.69, 9.17) is 0 Å². The molecule has 96 valence electrons. The third kappa shape index (κ3) is 2.12. The van der Waals surface area contributed by atoms with Crippen molar-refractivity contribution in [1.82, 2.24) is 19.9 Å². The predicted octanol–water partition coefficient (Wildman–Crippen LogP) is 2.27. The second-order valence-corrected chi connectivity index (χ2v) is 6.33. The summed E-state index contributed by atoms with van der Waals surface area (Å²) in [6.07, 6.45) is 3.27. The summed E-state index contributed by atoms with van der Waals surface area (Å²) in [6, 6.07) is 6.80. The van der Waals surface area contributed by atoms with Gasteiger partial charge in [-0.1, -0.05) is 13.0 Å². The first kappa shape index (κ1) is 12.0. The van der Waals surface area contributed by atoms with E-state index in [0.29, 0.717) is 11.3 Å². The number of rotatable bonds is 3. The van der Waals surface area contributed by atoms with Gasteiger partial charge in [-0.2, -0.15) is 11.8 Å². The molecule has 0 spiro atoms. The summed E-state index contributed by atoms with van der Waals surface area (Å²) < 4.78 is 2.06. The largest absolute Gasteiger partial charge is 0.304 e. The molecule has 0 radical (unpaired) electrons. The van der Waals surface area contributed by atoms with Crippen molar-refractivity contribution >= 4 is 17.4 Å². The first-order valence-electron chi connectivity index (χ1n) is 6.43. The molecule has 0 aromatic carbocycles. The van der Waals surface area contributed by atoms with Crippen LogP contribution in [0.5, 0.6) is 0 Å². The van der Waals surface area contributed by atoms with Crippen LogP contribution in [0.3, 0.4) is 0 Å². The zero-order chi connectivity index (χ0) is 12.5. The molecule has 3 unspecified atom stereocenters. The van der Waals surface area contributed by atoms with E-state index in [-0.39, 0.29) is 6.04 Å². The van der Waals surface area contributed by atoms with Gasteiger partial charge in [0.05, 0.1) is 6.04 Å². The summed E-state index contributed by atoms with van der Waals surface area (Å²) in [6.45, 7) is 4.46. The van der Waals surface area contributed by atoms with Gasteiger partial charge in [0.2, 0.25) is 0 Å². The predicted molar refractivity (Wildman–Crippen MR) is 74.9 cm³/mol. The summed E-state index contributed by atoms with van der Waals surface area (Å²) in [5.41, 5.74) is 0.912. The fourth-order valence-electron chi connectivity index (χ4n) is 2.50. The summed E-state index contributed by atoms with van der Waals surface area (Å²) in [5, 5.41) is 12.9. The summed E-state index contributed by atoms with van der Waals surface area (Å²) >= 11 is 2.04. The highest BCUT2D eigenvalue weighted by molar-refractivity contribution is 8.00. The van der Waals surface area contributed by atoms with Crippen LogP contribution >= 0.6 is 11.8 Å². The second-order valence-electron chi connectivity index (χ2n) is 4.85. The van der Waals surface area contributed by atoms with E-state index in [1.165, 1.54) is 12.2 Å². The van der Waals surface area contributed by atoms with Gasteiger partial charge >= 0.3 is 0 Å². The van der Waals surface area contributed by atoms with Crippen molar-refractivity contribution in [3.8, 4) is 0 Å². The molecule has 1 fully saturated rings. The van der Waals surface area contributed by atoms with Gasteiger partial charge in [-0.05, 0) is 31.2 Å². The van der Waals surface area contributed by atoms with Crippen LogP contribution in [0.4, 0.5) is 0 Å². The standard InChI is InChI=1S/C13H18N4S/c1-9(14-11-6-8-18-10(11)2)13-16-15-12-5-3-4-7-17(12)13/h3-5,7,9-11,14H,6,8H2,1-2H3. The van der Waals surface area contributed by atoms with Gasteiger partial charge in [0.25, 0.3) is 0 Å². The van der Waals surface area contributed by atoms with E-state index >= 15 is 0 Å². The molecule has 4 nitrogen and oxygen atoms in total. The molecule has 3 atom stereocenters. The minimum absolute atomic E-state index is 0.230. The van der Waals surface area contributed by atoms with Crippen LogP contribution in [0.2, 0.25) is 0 Å². The molecule has 0 saturated carbocycles. The zero-order valence-corrected chi connectivity index (χ0v) is 11.5. The lowest BCUT2D eigenvalue weighted by Gasteiger charge is -2.21. The Balaban J connectivity index is 1.81. The molecule has 0 bridgehead atoms. The number of fused-ring (bicyclic) bond motifs is 1. The molecule has 5 heteroatoms. The van der Waals surface area contributed by atoms with Crippen LogP contribution in [0.15, 0.2) is 24.4 Å². The van der Waals surface area contributed by atoms with Gasteiger partial charge in [-0.15, -0.1) is 10.2 Å². The van der Waals surface area contributed by atoms with Crippen molar-refractivity contribution in [2.75, 3.05) is 5.75 Å². The average Bonchev–Trinajstić information content (AvgIpc) is 2.96. The van der Waals surface area contributed by atoms with E-state index in [1.807, 2.05) is 36.2 Å². The van der Waals surface area contributed by atoms with Crippen LogP contribution in [-0.2, 0) is 0 Å². The molecule has 3 heterocycles. The molecule has 2 aromatic rings. The maximum Gasteiger partial charge on any atom is 0.160 e. The minimum atomic E-state index is 0.230. The first-order valence-corrected chi connectivity index (χ1v) is 7.48. The monoisotopic (exact) mass is 262 g/mol. The molecule has 1 aliphatic heterocycles. The molecule has 2 aromatic heterocycles. The maximum absolute atomic E-state index is 4.31. The smallest absolute Gasteiger partial charge is 0.160 e. The van der Waals surface area contributed by atoms with Gasteiger partial charge in [-0.25, -0.2) is 0 Å². The van der Waals surface area contributed by atoms with E-state index in [0.717, 1.165) is 11.5 Å². The summed E-state index contributed by atoms with van der Waals surface area (Å²) in [5.74, 6) is 2.25. The lowest BCUT2D eigenvalue weighted by Crippen LogP contribution is -2.36. The van der Waals surface area contributed by atoms with Crippen LogP contribution in [0.25, 0.3) is 5.65 Å². The fraction of sp³-hybridized carbons (Fsp3) is 0.538. The average molecular weight is 262 g/mol. The fourth-order valence-corrected chi connectivity index (χ4v) is 3.71. The Kier molecular flexibility index (Phi) is 3.26. The van der Waals surface area contributed by atoms with Gasteiger partial charge in [0.1, 0.15) is 0 Å². The van der Waals surface area contributed by atoms with Crippen molar-refractivity contribution in [2.45, 2.75) is 37.6 Å². The molecule has 18 heavy (non-hydrogen) atoms. The Bertz CT molecular complexity index is 539. The van der Waals surface area contributed by atoms with Gasteiger partial charge < -0.3 is 5.32 Å². The van der Waals surface area contributed by atoms with E-state index in [2.05, 4.69) is 33.8 Å². The van der Waals surface area contributed by atoms with Gasteiger partial charge in [0.15, 0.2) is 11.5 Å². The topological polar surface area (TPSA) is 42.2 Å². The number of thioether (sulfide) groups is 1. The molecule has 1 aliphatic rings. The second kappa shape index (κ2) is 4.90. The SMILES string of the molecule is CC(NC1CCSC1C)c1nnc2ccccn12. The van der Waals surface area contributed by atoms with Crippen molar-refractivity contribution in [1.29, 1.82) is 0 Å². The van der Waals surface area contributed by atoms with Crippen LogP contribution < -0.4 is 5.32 Å².